The van der Waals surface area contributed by atoms with Gasteiger partial charge < -0.3 is 0 Å². The van der Waals surface area contributed by atoms with Gasteiger partial charge in [-0.05, 0) is 36.5 Å². The van der Waals surface area contributed by atoms with Crippen molar-refractivity contribution in [2.24, 2.45) is 11.1 Å². The third kappa shape index (κ3) is 2.51. The second kappa shape index (κ2) is 3.77. The lowest BCUT2D eigenvalue weighted by atomic mass is 10.1. The Morgan fingerprint density at radius 3 is 2.20 bits per heavy atom. The summed E-state index contributed by atoms with van der Waals surface area (Å²) >= 11 is 5.75. The second-order valence-corrected chi connectivity index (χ2v) is 6.02. The molecule has 1 aliphatic rings. The van der Waals surface area contributed by atoms with E-state index in [1.807, 2.05) is 0 Å². The van der Waals surface area contributed by atoms with Gasteiger partial charge in [-0.1, -0.05) is 23.7 Å². The van der Waals surface area contributed by atoms with Crippen LogP contribution in [0.15, 0.2) is 24.3 Å². The van der Waals surface area contributed by atoms with Gasteiger partial charge in [0.25, 0.3) is 0 Å². The Morgan fingerprint density at radius 2 is 1.80 bits per heavy atom. The molecule has 1 aromatic carbocycles. The first-order valence-corrected chi connectivity index (χ1v) is 6.74. The summed E-state index contributed by atoms with van der Waals surface area (Å²) in [6, 6.07) is 6.85. The Bertz CT molecular complexity index is 451. The zero-order valence-corrected chi connectivity index (χ0v) is 9.63. The molecule has 3 nitrogen and oxygen atoms in total. The molecule has 1 atom stereocenters. The third-order valence-electron chi connectivity index (χ3n) is 2.60. The van der Waals surface area contributed by atoms with Crippen molar-refractivity contribution >= 4 is 21.6 Å². The van der Waals surface area contributed by atoms with Crippen LogP contribution in [0.5, 0.6) is 0 Å². The Balaban J connectivity index is 2.37. The molecule has 0 radical (unpaired) electrons. The van der Waals surface area contributed by atoms with E-state index >= 15 is 0 Å². The van der Waals surface area contributed by atoms with Crippen molar-refractivity contribution in [3.63, 3.8) is 0 Å². The van der Waals surface area contributed by atoms with Crippen molar-refractivity contribution in [2.75, 3.05) is 0 Å². The van der Waals surface area contributed by atoms with Crippen LogP contribution in [0, 0.1) is 5.92 Å². The average Bonchev–Trinajstić information content (AvgIpc) is 2.90. The molecule has 1 aromatic rings. The summed E-state index contributed by atoms with van der Waals surface area (Å²) in [6.45, 7) is 0. The number of halogens is 1. The zero-order valence-electron chi connectivity index (χ0n) is 8.06. The summed E-state index contributed by atoms with van der Waals surface area (Å²) in [5, 5.41) is 5.27. The Labute approximate surface area is 94.3 Å². The number of hydrogen-bond donors (Lipinski definition) is 1. The normalized spacial score (nSPS) is 18.8. The van der Waals surface area contributed by atoms with E-state index < -0.39 is 15.3 Å². The van der Waals surface area contributed by atoms with Crippen molar-refractivity contribution in [3.8, 4) is 0 Å². The van der Waals surface area contributed by atoms with Gasteiger partial charge >= 0.3 is 0 Å². The zero-order chi connectivity index (χ0) is 11.1. The lowest BCUT2D eigenvalue weighted by molar-refractivity contribution is 0.573. The molecule has 0 aromatic heterocycles. The predicted octanol–water partition coefficient (Wildman–Crippen LogP) is 2.08. The largest absolute Gasteiger partial charge is 0.228 e. The first-order chi connectivity index (χ1) is 6.98. The monoisotopic (exact) mass is 245 g/mol. The van der Waals surface area contributed by atoms with E-state index in [0.717, 1.165) is 18.4 Å². The highest BCUT2D eigenvalue weighted by Crippen LogP contribution is 2.44. The maximum atomic E-state index is 11.4. The van der Waals surface area contributed by atoms with Gasteiger partial charge in [-0.3, -0.25) is 0 Å². The molecule has 1 aliphatic carbocycles. The van der Waals surface area contributed by atoms with Crippen LogP contribution in [0.4, 0.5) is 0 Å². The molecule has 0 saturated heterocycles. The minimum Gasteiger partial charge on any atom is -0.228 e. The maximum Gasteiger partial charge on any atom is 0.216 e. The molecular weight excluding hydrogens is 234 g/mol. The van der Waals surface area contributed by atoms with E-state index in [4.69, 9.17) is 16.7 Å². The van der Waals surface area contributed by atoms with Crippen LogP contribution in [0.25, 0.3) is 0 Å². The summed E-state index contributed by atoms with van der Waals surface area (Å²) in [5.74, 6) is 0.182. The molecular formula is C10H12ClNO2S. The Morgan fingerprint density at radius 1 is 1.27 bits per heavy atom. The maximum absolute atomic E-state index is 11.4. The Kier molecular flexibility index (Phi) is 2.75. The fourth-order valence-electron chi connectivity index (χ4n) is 1.78. The van der Waals surface area contributed by atoms with E-state index in [2.05, 4.69) is 0 Å². The van der Waals surface area contributed by atoms with Gasteiger partial charge in [0.15, 0.2) is 0 Å². The Hall–Kier alpha value is -0.580. The van der Waals surface area contributed by atoms with Gasteiger partial charge in [-0.2, -0.15) is 0 Å². The number of sulfonamides is 1. The van der Waals surface area contributed by atoms with Crippen molar-refractivity contribution in [1.29, 1.82) is 0 Å². The second-order valence-electron chi connectivity index (χ2n) is 3.90. The number of primary sulfonamides is 1. The minimum absolute atomic E-state index is 0.182. The summed E-state index contributed by atoms with van der Waals surface area (Å²) in [7, 11) is -3.51. The fourth-order valence-corrected chi connectivity index (χ4v) is 3.25. The number of benzene rings is 1. The number of hydrogen-bond acceptors (Lipinski definition) is 2. The van der Waals surface area contributed by atoms with Gasteiger partial charge in [0.2, 0.25) is 10.0 Å². The summed E-state index contributed by atoms with van der Waals surface area (Å²) in [5.41, 5.74) is 0.740. The van der Waals surface area contributed by atoms with E-state index in [-0.39, 0.29) is 5.92 Å². The molecule has 1 unspecified atom stereocenters. The predicted molar refractivity (Wildman–Crippen MR) is 60.0 cm³/mol. The van der Waals surface area contributed by atoms with Gasteiger partial charge in [0, 0.05) is 5.02 Å². The fraction of sp³-hybridized carbons (Fsp3) is 0.400. The van der Waals surface area contributed by atoms with Crippen LogP contribution in [-0.4, -0.2) is 8.42 Å². The highest BCUT2D eigenvalue weighted by molar-refractivity contribution is 7.89. The average molecular weight is 246 g/mol. The van der Waals surface area contributed by atoms with Crippen LogP contribution >= 0.6 is 11.6 Å². The van der Waals surface area contributed by atoms with Crippen molar-refractivity contribution in [3.05, 3.63) is 34.9 Å². The first kappa shape index (κ1) is 10.9. The van der Waals surface area contributed by atoms with Crippen molar-refractivity contribution < 1.29 is 8.42 Å². The van der Waals surface area contributed by atoms with Crippen molar-refractivity contribution in [2.45, 2.75) is 18.1 Å². The SMILES string of the molecule is NS(=O)(=O)C(c1ccc(Cl)cc1)C1CC1. The lowest BCUT2D eigenvalue weighted by Gasteiger charge is -2.13. The number of rotatable bonds is 3. The standard InChI is InChI=1S/C10H12ClNO2S/c11-9-5-3-8(4-6-9)10(7-1-2-7)15(12,13)14/h3-7,10H,1-2H2,(H2,12,13,14). The first-order valence-electron chi connectivity index (χ1n) is 4.75. The highest BCUT2D eigenvalue weighted by atomic mass is 35.5. The van der Waals surface area contributed by atoms with E-state index in [0.29, 0.717) is 5.02 Å². The van der Waals surface area contributed by atoms with Crippen LogP contribution in [0.2, 0.25) is 5.02 Å². The van der Waals surface area contributed by atoms with Gasteiger partial charge in [-0.25, -0.2) is 13.6 Å². The van der Waals surface area contributed by atoms with E-state index in [9.17, 15) is 8.42 Å². The smallest absolute Gasteiger partial charge is 0.216 e. The van der Waals surface area contributed by atoms with Gasteiger partial charge in [-0.15, -0.1) is 0 Å². The summed E-state index contributed by atoms with van der Waals surface area (Å²) < 4.78 is 22.9. The van der Waals surface area contributed by atoms with E-state index in [1.54, 1.807) is 24.3 Å². The summed E-state index contributed by atoms with van der Waals surface area (Å²) in [6.07, 6.45) is 1.87. The van der Waals surface area contributed by atoms with E-state index in [1.165, 1.54) is 0 Å². The van der Waals surface area contributed by atoms with Crippen LogP contribution in [0.3, 0.4) is 0 Å². The topological polar surface area (TPSA) is 60.2 Å². The molecule has 2 N–H and O–H groups in total. The molecule has 0 spiro atoms. The summed E-state index contributed by atoms with van der Waals surface area (Å²) in [4.78, 5) is 0. The van der Waals surface area contributed by atoms with Crippen molar-refractivity contribution in [1.82, 2.24) is 0 Å². The quantitative estimate of drug-likeness (QED) is 0.886. The third-order valence-corrected chi connectivity index (χ3v) is 4.22. The lowest BCUT2D eigenvalue weighted by Crippen LogP contribution is -2.23. The van der Waals surface area contributed by atoms with Gasteiger partial charge in [0.1, 0.15) is 5.25 Å². The molecule has 0 amide bonds. The molecule has 0 aliphatic heterocycles. The minimum atomic E-state index is -3.51. The highest BCUT2D eigenvalue weighted by Gasteiger charge is 2.39. The molecule has 2 rings (SSSR count). The van der Waals surface area contributed by atoms with Gasteiger partial charge in [0.05, 0.1) is 0 Å². The van der Waals surface area contributed by atoms with Crippen LogP contribution < -0.4 is 5.14 Å². The molecule has 1 saturated carbocycles. The molecule has 0 bridgehead atoms. The molecule has 0 heterocycles. The molecule has 1 fully saturated rings. The van der Waals surface area contributed by atoms with Crippen LogP contribution in [0.1, 0.15) is 23.7 Å². The van der Waals surface area contributed by atoms with Crippen LogP contribution in [-0.2, 0) is 10.0 Å². The molecule has 82 valence electrons. The molecule has 5 heteroatoms. The molecule has 15 heavy (non-hydrogen) atoms. The number of nitrogens with two attached hydrogens (primary N) is 1.